The summed E-state index contributed by atoms with van der Waals surface area (Å²) >= 11 is 0. The Morgan fingerprint density at radius 2 is 1.96 bits per heavy atom. The maximum Gasteiger partial charge on any atom is 0.101 e. The van der Waals surface area contributed by atoms with Gasteiger partial charge < -0.3 is 20.9 Å². The van der Waals surface area contributed by atoms with Crippen LogP contribution in [-0.2, 0) is 0 Å². The van der Waals surface area contributed by atoms with E-state index < -0.39 is 0 Å². The molecule has 4 nitrogen and oxygen atoms in total. The Labute approximate surface area is 163 Å². The molecule has 0 aliphatic carbocycles. The average Bonchev–Trinajstić information content (AvgIpc) is 2.93. The molecule has 0 aromatic heterocycles. The molecule has 1 aromatic rings. The van der Waals surface area contributed by atoms with Crippen molar-refractivity contribution in [2.45, 2.75) is 40.8 Å². The van der Waals surface area contributed by atoms with E-state index in [-0.39, 0.29) is 6.17 Å². The van der Waals surface area contributed by atoms with Crippen LogP contribution in [0.25, 0.3) is 11.6 Å². The molecule has 0 bridgehead atoms. The van der Waals surface area contributed by atoms with E-state index in [0.717, 1.165) is 39.3 Å². The number of allylic oxidation sites excluding steroid dienone is 5. The first-order valence-corrected chi connectivity index (χ1v) is 9.15. The predicted molar refractivity (Wildman–Crippen MR) is 120 cm³/mol. The zero-order chi connectivity index (χ0) is 20.1. The molecule has 0 radical (unpaired) electrons. The third-order valence-corrected chi connectivity index (χ3v) is 4.51. The number of nitrogens with zero attached hydrogens (tertiary/aromatic N) is 1. The summed E-state index contributed by atoms with van der Waals surface area (Å²) in [6.45, 7) is 17.8. The standard InChI is InChI=1S/C23H30N4/c1-8-11-18(14-25-10-3)20-12-13-21-22(19(20)9-2)26-17(7)27(21)23(15(4)5)16(6)24/h8-14,17,24-26H,2-3H2,1,4-7H3/b11-8-,18-14+,24-16?. The van der Waals surface area contributed by atoms with Crippen molar-refractivity contribution >= 4 is 28.7 Å². The summed E-state index contributed by atoms with van der Waals surface area (Å²) in [5.74, 6) is 0. The molecule has 1 aliphatic heterocycles. The van der Waals surface area contributed by atoms with Gasteiger partial charge in [-0.05, 0) is 58.0 Å². The minimum atomic E-state index is 0.0552. The molecule has 3 N–H and O–H groups in total. The topological polar surface area (TPSA) is 51.1 Å². The summed E-state index contributed by atoms with van der Waals surface area (Å²) < 4.78 is 0. The molecule has 0 fully saturated rings. The molecule has 0 saturated heterocycles. The van der Waals surface area contributed by atoms with Gasteiger partial charge in [0.1, 0.15) is 6.17 Å². The van der Waals surface area contributed by atoms with Crippen molar-refractivity contribution in [3.8, 4) is 0 Å². The van der Waals surface area contributed by atoms with Crippen LogP contribution in [0.1, 0.15) is 45.7 Å². The van der Waals surface area contributed by atoms with E-state index in [0.29, 0.717) is 5.71 Å². The number of nitrogens with one attached hydrogen (secondary N) is 3. The third kappa shape index (κ3) is 3.90. The molecule has 0 saturated carbocycles. The number of fused-ring (bicyclic) bond motifs is 1. The van der Waals surface area contributed by atoms with Crippen molar-refractivity contribution in [2.75, 3.05) is 10.2 Å². The van der Waals surface area contributed by atoms with Crippen LogP contribution < -0.4 is 15.5 Å². The highest BCUT2D eigenvalue weighted by Crippen LogP contribution is 2.43. The van der Waals surface area contributed by atoms with Gasteiger partial charge in [0.15, 0.2) is 0 Å². The smallest absolute Gasteiger partial charge is 0.101 e. The van der Waals surface area contributed by atoms with Crippen LogP contribution >= 0.6 is 0 Å². The van der Waals surface area contributed by atoms with Gasteiger partial charge in [0.05, 0.1) is 22.8 Å². The number of rotatable bonds is 7. The number of anilines is 2. The minimum absolute atomic E-state index is 0.0552. The van der Waals surface area contributed by atoms with Crippen LogP contribution in [0, 0.1) is 5.41 Å². The molecule has 0 spiro atoms. The average molecular weight is 363 g/mol. The summed E-state index contributed by atoms with van der Waals surface area (Å²) in [7, 11) is 0. The Hall–Kier alpha value is -3.01. The Morgan fingerprint density at radius 3 is 2.48 bits per heavy atom. The molecule has 1 heterocycles. The van der Waals surface area contributed by atoms with Gasteiger partial charge in [-0.3, -0.25) is 0 Å². The number of hydrogen-bond acceptors (Lipinski definition) is 4. The second-order valence-electron chi connectivity index (χ2n) is 6.76. The monoisotopic (exact) mass is 362 g/mol. The van der Waals surface area contributed by atoms with E-state index in [1.807, 2.05) is 32.2 Å². The van der Waals surface area contributed by atoms with Gasteiger partial charge in [0.2, 0.25) is 0 Å². The van der Waals surface area contributed by atoms with E-state index in [2.05, 4.69) is 67.7 Å². The van der Waals surface area contributed by atoms with Gasteiger partial charge in [-0.15, -0.1) is 0 Å². The fourth-order valence-corrected chi connectivity index (χ4v) is 3.56. The van der Waals surface area contributed by atoms with Crippen LogP contribution in [-0.4, -0.2) is 11.9 Å². The molecular weight excluding hydrogens is 332 g/mol. The molecule has 1 atom stereocenters. The first kappa shape index (κ1) is 20.3. The van der Waals surface area contributed by atoms with Crippen molar-refractivity contribution < 1.29 is 0 Å². The lowest BCUT2D eigenvalue weighted by Crippen LogP contribution is -2.35. The van der Waals surface area contributed by atoms with Crippen molar-refractivity contribution in [3.05, 3.63) is 72.2 Å². The van der Waals surface area contributed by atoms with Crippen LogP contribution in [0.3, 0.4) is 0 Å². The first-order valence-electron chi connectivity index (χ1n) is 9.15. The number of benzene rings is 1. The van der Waals surface area contributed by atoms with E-state index in [4.69, 9.17) is 5.41 Å². The van der Waals surface area contributed by atoms with Crippen molar-refractivity contribution in [2.24, 2.45) is 0 Å². The van der Waals surface area contributed by atoms with Crippen LogP contribution in [0.5, 0.6) is 0 Å². The van der Waals surface area contributed by atoms with Gasteiger partial charge in [0, 0.05) is 11.8 Å². The largest absolute Gasteiger partial charge is 0.368 e. The molecular formula is C23H30N4. The normalized spacial score (nSPS) is 16.0. The zero-order valence-electron chi connectivity index (χ0n) is 17.0. The SMILES string of the molecule is C=CN/C=C(\C=C/C)c1ccc2c(c1C=C)NC(C)N2C(C(C)=N)=C(C)C. The van der Waals surface area contributed by atoms with Crippen molar-refractivity contribution in [1.82, 2.24) is 5.32 Å². The van der Waals surface area contributed by atoms with E-state index in [1.165, 1.54) is 0 Å². The molecule has 1 unspecified atom stereocenters. The molecule has 1 aliphatic rings. The lowest BCUT2D eigenvalue weighted by atomic mass is 9.97. The summed E-state index contributed by atoms with van der Waals surface area (Å²) in [4.78, 5) is 2.20. The van der Waals surface area contributed by atoms with Gasteiger partial charge in [-0.1, -0.05) is 43.0 Å². The van der Waals surface area contributed by atoms with E-state index >= 15 is 0 Å². The zero-order valence-corrected chi connectivity index (χ0v) is 17.0. The predicted octanol–water partition coefficient (Wildman–Crippen LogP) is 5.89. The second-order valence-corrected chi connectivity index (χ2v) is 6.76. The summed E-state index contributed by atoms with van der Waals surface area (Å²) in [6, 6.07) is 4.23. The fraction of sp³-hybridized carbons (Fsp3) is 0.261. The third-order valence-electron chi connectivity index (χ3n) is 4.51. The summed E-state index contributed by atoms with van der Waals surface area (Å²) in [5.41, 5.74) is 7.94. The fourth-order valence-electron chi connectivity index (χ4n) is 3.56. The van der Waals surface area contributed by atoms with Crippen LogP contribution in [0.2, 0.25) is 0 Å². The summed E-state index contributed by atoms with van der Waals surface area (Å²) in [6.07, 6.45) is 9.60. The molecule has 0 amide bonds. The maximum absolute atomic E-state index is 8.23. The molecule has 4 heteroatoms. The van der Waals surface area contributed by atoms with Gasteiger partial charge in [-0.2, -0.15) is 0 Å². The lowest BCUT2D eigenvalue weighted by Gasteiger charge is -2.28. The Morgan fingerprint density at radius 1 is 1.26 bits per heavy atom. The summed E-state index contributed by atoms with van der Waals surface area (Å²) in [5, 5.41) is 14.9. The molecule has 27 heavy (non-hydrogen) atoms. The molecule has 2 rings (SSSR count). The molecule has 1 aromatic carbocycles. The highest BCUT2D eigenvalue weighted by atomic mass is 15.3. The maximum atomic E-state index is 8.23. The highest BCUT2D eigenvalue weighted by Gasteiger charge is 2.31. The van der Waals surface area contributed by atoms with Crippen LogP contribution in [0.4, 0.5) is 11.4 Å². The number of hydrogen-bond donors (Lipinski definition) is 3. The Kier molecular flexibility index (Phi) is 6.45. The quantitative estimate of drug-likeness (QED) is 0.419. The highest BCUT2D eigenvalue weighted by molar-refractivity contribution is 6.03. The molecule has 142 valence electrons. The Balaban J connectivity index is 2.69. The van der Waals surface area contributed by atoms with E-state index in [1.54, 1.807) is 6.20 Å². The second kappa shape index (κ2) is 8.58. The van der Waals surface area contributed by atoms with Crippen molar-refractivity contribution in [1.29, 1.82) is 5.41 Å². The van der Waals surface area contributed by atoms with Gasteiger partial charge in [-0.25, -0.2) is 0 Å². The van der Waals surface area contributed by atoms with Crippen molar-refractivity contribution in [3.63, 3.8) is 0 Å². The van der Waals surface area contributed by atoms with Gasteiger partial charge in [0.25, 0.3) is 0 Å². The lowest BCUT2D eigenvalue weighted by molar-refractivity contribution is 0.814. The van der Waals surface area contributed by atoms with Crippen LogP contribution in [0.15, 0.2) is 61.1 Å². The van der Waals surface area contributed by atoms with E-state index in [9.17, 15) is 0 Å². The first-order chi connectivity index (χ1) is 12.9. The minimum Gasteiger partial charge on any atom is -0.368 e. The Bertz CT molecular complexity index is 851. The van der Waals surface area contributed by atoms with Gasteiger partial charge >= 0.3 is 0 Å².